The molecule has 2 fully saturated rings. The van der Waals surface area contributed by atoms with E-state index in [9.17, 15) is 0 Å². The first kappa shape index (κ1) is 10.1. The van der Waals surface area contributed by atoms with E-state index >= 15 is 0 Å². The standard InChI is InChI=1S/C12H20N4/c1-15-9-11(8-13-15)14-10-4-6-16-5-2-3-12(16)7-10/h8-10,12,14H,2-7H2,1H3. The Labute approximate surface area is 96.6 Å². The lowest BCUT2D eigenvalue weighted by atomic mass is 9.97. The van der Waals surface area contributed by atoms with Gasteiger partial charge in [-0.25, -0.2) is 0 Å². The Morgan fingerprint density at radius 2 is 2.31 bits per heavy atom. The van der Waals surface area contributed by atoms with Gasteiger partial charge in [-0.15, -0.1) is 0 Å². The second-order valence-corrected chi connectivity index (χ2v) is 5.10. The number of anilines is 1. The minimum Gasteiger partial charge on any atom is -0.380 e. The minimum absolute atomic E-state index is 0.642. The molecule has 1 aromatic rings. The number of nitrogens with zero attached hydrogens (tertiary/aromatic N) is 3. The van der Waals surface area contributed by atoms with Gasteiger partial charge in [-0.3, -0.25) is 4.68 Å². The number of hydrogen-bond acceptors (Lipinski definition) is 3. The normalized spacial score (nSPS) is 30.3. The summed E-state index contributed by atoms with van der Waals surface area (Å²) in [6, 6.07) is 1.48. The number of nitrogens with one attached hydrogen (secondary N) is 1. The van der Waals surface area contributed by atoms with Gasteiger partial charge in [0, 0.05) is 31.9 Å². The van der Waals surface area contributed by atoms with Crippen LogP contribution in [0.5, 0.6) is 0 Å². The van der Waals surface area contributed by atoms with Crippen LogP contribution in [0.3, 0.4) is 0 Å². The molecule has 4 nitrogen and oxygen atoms in total. The zero-order chi connectivity index (χ0) is 11.0. The Balaban J connectivity index is 1.60. The second-order valence-electron chi connectivity index (χ2n) is 5.10. The van der Waals surface area contributed by atoms with E-state index in [2.05, 4.69) is 21.5 Å². The smallest absolute Gasteiger partial charge is 0.0728 e. The molecule has 2 saturated heterocycles. The third-order valence-corrected chi connectivity index (χ3v) is 3.90. The molecule has 0 spiro atoms. The average Bonchev–Trinajstić information content (AvgIpc) is 2.87. The molecule has 0 radical (unpaired) electrons. The molecule has 0 aliphatic carbocycles. The highest BCUT2D eigenvalue weighted by molar-refractivity contribution is 5.39. The summed E-state index contributed by atoms with van der Waals surface area (Å²) in [5, 5.41) is 7.80. The lowest BCUT2D eigenvalue weighted by molar-refractivity contribution is 0.188. The highest BCUT2D eigenvalue weighted by atomic mass is 15.3. The summed E-state index contributed by atoms with van der Waals surface area (Å²) in [4.78, 5) is 2.65. The van der Waals surface area contributed by atoms with E-state index in [4.69, 9.17) is 0 Å². The summed E-state index contributed by atoms with van der Waals surface area (Å²) in [7, 11) is 1.96. The van der Waals surface area contributed by atoms with E-state index in [-0.39, 0.29) is 0 Å². The Morgan fingerprint density at radius 1 is 1.38 bits per heavy atom. The summed E-state index contributed by atoms with van der Waals surface area (Å²) in [5.41, 5.74) is 1.17. The highest BCUT2D eigenvalue weighted by Gasteiger charge is 2.31. The first-order chi connectivity index (χ1) is 7.81. The largest absolute Gasteiger partial charge is 0.380 e. The average molecular weight is 220 g/mol. The van der Waals surface area contributed by atoms with Gasteiger partial charge in [0.05, 0.1) is 11.9 Å². The fraction of sp³-hybridized carbons (Fsp3) is 0.750. The van der Waals surface area contributed by atoms with Crippen LogP contribution in [0.15, 0.2) is 12.4 Å². The molecule has 2 unspecified atom stereocenters. The third-order valence-electron chi connectivity index (χ3n) is 3.90. The molecule has 0 amide bonds. The maximum absolute atomic E-state index is 4.19. The zero-order valence-electron chi connectivity index (χ0n) is 9.89. The molecular weight excluding hydrogens is 200 g/mol. The maximum Gasteiger partial charge on any atom is 0.0728 e. The molecular formula is C12H20N4. The first-order valence-corrected chi connectivity index (χ1v) is 6.30. The number of piperidine rings is 1. The lowest BCUT2D eigenvalue weighted by Gasteiger charge is -2.35. The van der Waals surface area contributed by atoms with Crippen molar-refractivity contribution in [2.24, 2.45) is 7.05 Å². The van der Waals surface area contributed by atoms with Crippen LogP contribution in [-0.2, 0) is 7.05 Å². The predicted octanol–water partition coefficient (Wildman–Crippen LogP) is 1.46. The van der Waals surface area contributed by atoms with Crippen LogP contribution in [0.4, 0.5) is 5.69 Å². The van der Waals surface area contributed by atoms with Crippen molar-refractivity contribution in [1.82, 2.24) is 14.7 Å². The Bertz CT molecular complexity index is 360. The van der Waals surface area contributed by atoms with Crippen molar-refractivity contribution in [2.75, 3.05) is 18.4 Å². The van der Waals surface area contributed by atoms with Crippen LogP contribution in [0.25, 0.3) is 0 Å². The second kappa shape index (κ2) is 4.09. The fourth-order valence-electron chi connectivity index (χ4n) is 3.09. The lowest BCUT2D eigenvalue weighted by Crippen LogP contribution is -2.42. The van der Waals surface area contributed by atoms with Crippen LogP contribution in [-0.4, -0.2) is 39.9 Å². The molecule has 4 heteroatoms. The van der Waals surface area contributed by atoms with Gasteiger partial charge in [0.15, 0.2) is 0 Å². The van der Waals surface area contributed by atoms with E-state index < -0.39 is 0 Å². The summed E-state index contributed by atoms with van der Waals surface area (Å²) < 4.78 is 1.85. The molecule has 0 aromatic carbocycles. The van der Waals surface area contributed by atoms with Gasteiger partial charge >= 0.3 is 0 Å². The minimum atomic E-state index is 0.642. The van der Waals surface area contributed by atoms with Crippen molar-refractivity contribution in [3.63, 3.8) is 0 Å². The summed E-state index contributed by atoms with van der Waals surface area (Å²) >= 11 is 0. The number of rotatable bonds is 2. The quantitative estimate of drug-likeness (QED) is 0.819. The van der Waals surface area contributed by atoms with Gasteiger partial charge in [0.25, 0.3) is 0 Å². The molecule has 0 saturated carbocycles. The van der Waals surface area contributed by atoms with Gasteiger partial charge in [-0.05, 0) is 32.2 Å². The molecule has 1 aromatic heterocycles. The summed E-state index contributed by atoms with van der Waals surface area (Å²) in [6.07, 6.45) is 9.33. The molecule has 1 N–H and O–H groups in total. The van der Waals surface area contributed by atoms with Gasteiger partial charge in [-0.2, -0.15) is 5.10 Å². The van der Waals surface area contributed by atoms with Gasteiger partial charge in [0.2, 0.25) is 0 Å². The van der Waals surface area contributed by atoms with Crippen LogP contribution >= 0.6 is 0 Å². The summed E-state index contributed by atoms with van der Waals surface area (Å²) in [5.74, 6) is 0. The Kier molecular flexibility index (Phi) is 2.59. The SMILES string of the molecule is Cn1cc(NC2CCN3CCCC3C2)cn1. The van der Waals surface area contributed by atoms with Crippen molar-refractivity contribution in [3.05, 3.63) is 12.4 Å². The topological polar surface area (TPSA) is 33.1 Å². The molecule has 88 valence electrons. The molecule has 3 heterocycles. The number of aryl methyl sites for hydroxylation is 1. The monoisotopic (exact) mass is 220 g/mol. The summed E-state index contributed by atoms with van der Waals surface area (Å²) in [6.45, 7) is 2.59. The van der Waals surface area contributed by atoms with Crippen molar-refractivity contribution in [1.29, 1.82) is 0 Å². The van der Waals surface area contributed by atoms with Crippen molar-refractivity contribution in [3.8, 4) is 0 Å². The number of hydrogen-bond donors (Lipinski definition) is 1. The molecule has 16 heavy (non-hydrogen) atoms. The van der Waals surface area contributed by atoms with Crippen molar-refractivity contribution in [2.45, 2.75) is 37.8 Å². The molecule has 3 rings (SSSR count). The first-order valence-electron chi connectivity index (χ1n) is 6.30. The zero-order valence-corrected chi connectivity index (χ0v) is 9.89. The van der Waals surface area contributed by atoms with Crippen molar-refractivity contribution >= 4 is 5.69 Å². The number of fused-ring (bicyclic) bond motifs is 1. The van der Waals surface area contributed by atoms with Crippen LogP contribution < -0.4 is 5.32 Å². The molecule has 0 bridgehead atoms. The molecule has 2 aliphatic heterocycles. The Morgan fingerprint density at radius 3 is 3.12 bits per heavy atom. The Hall–Kier alpha value is -1.03. The maximum atomic E-state index is 4.19. The van der Waals surface area contributed by atoms with Gasteiger partial charge in [0.1, 0.15) is 0 Å². The predicted molar refractivity (Wildman–Crippen MR) is 64.4 cm³/mol. The van der Waals surface area contributed by atoms with Crippen LogP contribution in [0.2, 0.25) is 0 Å². The van der Waals surface area contributed by atoms with Crippen molar-refractivity contribution < 1.29 is 0 Å². The molecule has 2 aliphatic rings. The van der Waals surface area contributed by atoms with E-state index in [0.717, 1.165) is 6.04 Å². The van der Waals surface area contributed by atoms with E-state index in [0.29, 0.717) is 6.04 Å². The van der Waals surface area contributed by atoms with Gasteiger partial charge < -0.3 is 10.2 Å². The highest BCUT2D eigenvalue weighted by Crippen LogP contribution is 2.28. The van der Waals surface area contributed by atoms with Gasteiger partial charge in [-0.1, -0.05) is 0 Å². The fourth-order valence-corrected chi connectivity index (χ4v) is 3.09. The van der Waals surface area contributed by atoms with E-state index in [1.54, 1.807) is 0 Å². The molecule has 2 atom stereocenters. The third kappa shape index (κ3) is 1.94. The van der Waals surface area contributed by atoms with E-state index in [1.807, 2.05) is 17.9 Å². The number of aromatic nitrogens is 2. The van der Waals surface area contributed by atoms with Crippen LogP contribution in [0.1, 0.15) is 25.7 Å². The van der Waals surface area contributed by atoms with E-state index in [1.165, 1.54) is 44.5 Å². The van der Waals surface area contributed by atoms with Crippen LogP contribution in [0, 0.1) is 0 Å².